The first-order valence-electron chi connectivity index (χ1n) is 11.8. The van der Waals surface area contributed by atoms with Gasteiger partial charge in [0, 0.05) is 28.5 Å². The molecule has 2 heterocycles. The van der Waals surface area contributed by atoms with Crippen LogP contribution in [0.3, 0.4) is 0 Å². The number of piperidine rings is 1. The van der Waals surface area contributed by atoms with Gasteiger partial charge in [-0.25, -0.2) is 0 Å². The van der Waals surface area contributed by atoms with E-state index in [1.54, 1.807) is 49.6 Å². The summed E-state index contributed by atoms with van der Waals surface area (Å²) in [7, 11) is 7.92. The van der Waals surface area contributed by atoms with Crippen LogP contribution in [-0.4, -0.2) is 78.1 Å². The first-order chi connectivity index (χ1) is 17.1. The van der Waals surface area contributed by atoms with E-state index >= 15 is 8.78 Å². The van der Waals surface area contributed by atoms with Crippen molar-refractivity contribution < 1.29 is 28.0 Å². The minimum absolute atomic E-state index is 0.113. The van der Waals surface area contributed by atoms with E-state index in [1.807, 2.05) is 0 Å². The molecule has 186 valence electrons. The summed E-state index contributed by atoms with van der Waals surface area (Å²) in [4.78, 5) is 53.3. The molecule has 0 saturated carbocycles. The predicted molar refractivity (Wildman–Crippen MR) is 147 cm³/mol. The highest BCUT2D eigenvalue weighted by molar-refractivity contribution is 6.43. The van der Waals surface area contributed by atoms with Crippen molar-refractivity contribution in [2.45, 2.75) is 35.5 Å². The van der Waals surface area contributed by atoms with Gasteiger partial charge in [-0.1, -0.05) is 35.9 Å². The Morgan fingerprint density at radius 3 is 2.32 bits per heavy atom. The third kappa shape index (κ3) is 4.39. The van der Waals surface area contributed by atoms with Crippen molar-refractivity contribution in [2.24, 2.45) is 0 Å². The molecule has 0 aromatic heterocycles. The molecule has 0 bridgehead atoms. The Morgan fingerprint density at radius 1 is 1.11 bits per heavy atom. The van der Waals surface area contributed by atoms with Crippen LogP contribution in [0.2, 0.25) is 10.8 Å². The van der Waals surface area contributed by atoms with Gasteiger partial charge in [0.25, 0.3) is 11.8 Å². The normalized spacial score (nSPS) is 22.0. The largest absolute Gasteiger partial charge is 0.393 e. The zero-order valence-corrected chi connectivity index (χ0v) is 22.0. The molecule has 2 aliphatic rings. The van der Waals surface area contributed by atoms with Crippen LogP contribution in [0.25, 0.3) is 0 Å². The number of nitrogens with zero attached hydrogens (tertiary/aromatic N) is 2. The lowest BCUT2D eigenvalue weighted by Crippen LogP contribution is -2.64. The SMILES string of the molecule is BC1C[C@@](B)(N2Cc3cc(C(B)(B)N(B)C(=O)C(F)(F)c4ccc(Cl)cc4)ccc3C2=O)C(=O)NC1=O. The van der Waals surface area contributed by atoms with Crippen molar-refractivity contribution in [1.82, 2.24) is 15.0 Å². The summed E-state index contributed by atoms with van der Waals surface area (Å²) in [5.74, 6) is -6.88. The van der Waals surface area contributed by atoms with E-state index in [2.05, 4.69) is 5.32 Å². The summed E-state index contributed by atoms with van der Waals surface area (Å²) in [6.07, 6.45) is 0.187. The van der Waals surface area contributed by atoms with Crippen molar-refractivity contribution in [2.75, 3.05) is 0 Å². The maximum absolute atomic E-state index is 15.1. The van der Waals surface area contributed by atoms with Crippen LogP contribution < -0.4 is 5.32 Å². The Balaban J connectivity index is 1.61. The van der Waals surface area contributed by atoms with Crippen LogP contribution in [0.1, 0.15) is 33.5 Å². The Labute approximate surface area is 222 Å². The molecular weight excluding hydrogens is 498 g/mol. The summed E-state index contributed by atoms with van der Waals surface area (Å²) in [5.41, 5.74) is -0.137. The lowest BCUT2D eigenvalue weighted by Gasteiger charge is -2.42. The fraction of sp³-hybridized carbons (Fsp3) is 0.273. The lowest BCUT2D eigenvalue weighted by molar-refractivity contribution is -0.155. The third-order valence-corrected chi connectivity index (χ3v) is 7.96. The first kappa shape index (κ1) is 27.0. The molecular formula is C22H23B5ClF2N3O4. The molecule has 2 aromatic rings. The number of benzene rings is 2. The molecule has 0 radical (unpaired) electrons. The molecule has 2 aliphatic heterocycles. The predicted octanol–water partition coefficient (Wildman–Crippen LogP) is -2.36. The second-order valence-electron chi connectivity index (χ2n) is 10.5. The number of fused-ring (bicyclic) bond motifs is 1. The molecule has 37 heavy (non-hydrogen) atoms. The molecule has 2 atom stereocenters. The number of amides is 4. The standard InChI is InChI=1S/C22H23B5ClF2N3O4/c23-15-8-20(24,18(36)31-16(15)34)32-9-10-7-12(3-6-14(10)17(32)35)22(25,26)33(27)19(37)21(29,30)11-1-4-13(28)5-2-11/h1-7,15H,8-9,23-27H2,(H,31,34,36)/t15?,20-/m1/s1. The van der Waals surface area contributed by atoms with Gasteiger partial charge in [-0.15, -0.1) is 0 Å². The number of carbonyl (C=O) groups is 4. The third-order valence-electron chi connectivity index (χ3n) is 7.71. The van der Waals surface area contributed by atoms with Gasteiger partial charge in [0.2, 0.25) is 19.8 Å². The fourth-order valence-corrected chi connectivity index (χ4v) is 5.05. The smallest absolute Gasteiger partial charge is 0.348 e. The number of nitrogens with one attached hydrogen (secondary N) is 1. The highest BCUT2D eigenvalue weighted by Gasteiger charge is 2.51. The average Bonchev–Trinajstić information content (AvgIpc) is 3.18. The average molecular weight is 521 g/mol. The van der Waals surface area contributed by atoms with Crippen molar-refractivity contribution in [3.63, 3.8) is 0 Å². The maximum atomic E-state index is 15.1. The zero-order valence-electron chi connectivity index (χ0n) is 21.2. The van der Waals surface area contributed by atoms with E-state index < -0.39 is 39.9 Å². The van der Waals surface area contributed by atoms with Crippen LogP contribution in [0, 0.1) is 0 Å². The van der Waals surface area contributed by atoms with Gasteiger partial charge in [0.1, 0.15) is 31.4 Å². The first-order valence-corrected chi connectivity index (χ1v) is 12.2. The second kappa shape index (κ2) is 9.08. The van der Waals surface area contributed by atoms with Crippen LogP contribution >= 0.6 is 11.6 Å². The van der Waals surface area contributed by atoms with Gasteiger partial charge in [0.05, 0.1) is 5.44 Å². The van der Waals surface area contributed by atoms with E-state index in [9.17, 15) is 19.2 Å². The highest BCUT2D eigenvalue weighted by Crippen LogP contribution is 2.38. The zero-order chi connectivity index (χ0) is 27.5. The maximum Gasteiger partial charge on any atom is 0.348 e. The Kier molecular flexibility index (Phi) is 6.63. The van der Waals surface area contributed by atoms with Crippen LogP contribution in [0.4, 0.5) is 8.78 Å². The molecule has 15 heteroatoms. The molecule has 7 nitrogen and oxygen atoms in total. The molecule has 4 rings (SSSR count). The second-order valence-corrected chi connectivity index (χ2v) is 10.9. The number of imide groups is 1. The van der Waals surface area contributed by atoms with Gasteiger partial charge in [-0.05, 0) is 41.1 Å². The fourth-order valence-electron chi connectivity index (χ4n) is 4.92. The van der Waals surface area contributed by atoms with Gasteiger partial charge >= 0.3 is 5.92 Å². The summed E-state index contributed by atoms with van der Waals surface area (Å²) in [6.45, 7) is 0.113. The van der Waals surface area contributed by atoms with Gasteiger partial charge in [-0.2, -0.15) is 8.78 Å². The highest BCUT2D eigenvalue weighted by atomic mass is 35.5. The molecule has 1 N–H and O–H groups in total. The van der Waals surface area contributed by atoms with E-state index in [4.69, 9.17) is 11.6 Å². The van der Waals surface area contributed by atoms with E-state index in [-0.39, 0.29) is 29.8 Å². The Morgan fingerprint density at radius 2 is 1.70 bits per heavy atom. The monoisotopic (exact) mass is 521 g/mol. The van der Waals surface area contributed by atoms with Crippen LogP contribution in [0.15, 0.2) is 42.5 Å². The molecule has 1 fully saturated rings. The number of rotatable bonds is 5. The molecule has 0 spiro atoms. The summed E-state index contributed by atoms with van der Waals surface area (Å²) < 4.78 is 30.2. The molecule has 2 aromatic carbocycles. The number of carbonyl (C=O) groups excluding carboxylic acids is 4. The Bertz CT molecular complexity index is 1330. The number of alkyl halides is 2. The van der Waals surface area contributed by atoms with E-state index in [0.29, 0.717) is 16.7 Å². The molecule has 0 aliphatic carbocycles. The quantitative estimate of drug-likeness (QED) is 0.353. The summed E-state index contributed by atoms with van der Waals surface area (Å²) >= 11 is 5.80. The van der Waals surface area contributed by atoms with Gasteiger partial charge in [-0.3, -0.25) is 24.5 Å². The van der Waals surface area contributed by atoms with E-state index in [1.165, 1.54) is 25.0 Å². The topological polar surface area (TPSA) is 86.8 Å². The van der Waals surface area contributed by atoms with Crippen molar-refractivity contribution in [1.29, 1.82) is 0 Å². The minimum atomic E-state index is -3.78. The lowest BCUT2D eigenvalue weighted by atomic mass is 9.55. The number of hydrogen-bond acceptors (Lipinski definition) is 4. The van der Waals surface area contributed by atoms with Crippen LogP contribution in [0.5, 0.6) is 0 Å². The molecule has 1 unspecified atom stereocenters. The van der Waals surface area contributed by atoms with Gasteiger partial charge < -0.3 is 9.71 Å². The molecule has 4 amide bonds. The van der Waals surface area contributed by atoms with Crippen LogP contribution in [-0.2, 0) is 32.2 Å². The van der Waals surface area contributed by atoms with Crippen molar-refractivity contribution >= 4 is 74.6 Å². The van der Waals surface area contributed by atoms with Gasteiger partial charge in [0.15, 0.2) is 0 Å². The summed E-state index contributed by atoms with van der Waals surface area (Å²) in [5, 5.41) is 1.46. The summed E-state index contributed by atoms with van der Waals surface area (Å²) in [6, 6.07) is 9.76. The van der Waals surface area contributed by atoms with E-state index in [0.717, 1.165) is 16.9 Å². The minimum Gasteiger partial charge on any atom is -0.393 e. The molecule has 1 saturated heterocycles. The van der Waals surface area contributed by atoms with Crippen molar-refractivity contribution in [3.05, 3.63) is 69.7 Å². The number of halogens is 3. The Hall–Kier alpha value is -3.01. The number of hydrogen-bond donors (Lipinski definition) is 1. The van der Waals surface area contributed by atoms with Crippen molar-refractivity contribution in [3.8, 4) is 0 Å².